The first-order valence-corrected chi connectivity index (χ1v) is 5.91. The fraction of sp³-hybridized carbons (Fsp3) is 0.462. The highest BCUT2D eigenvalue weighted by Gasteiger charge is 2.11. The molecule has 1 aromatic carbocycles. The molecule has 2 atom stereocenters. The topological polar surface area (TPSA) is 78.6 Å². The molecule has 1 rings (SSSR count). The maximum absolute atomic E-state index is 11.8. The molecule has 0 aromatic heterocycles. The predicted octanol–water partition coefficient (Wildman–Crippen LogP) is 0.191. The van der Waals surface area contributed by atoms with Gasteiger partial charge in [-0.2, -0.15) is 0 Å². The van der Waals surface area contributed by atoms with Crippen molar-refractivity contribution >= 4 is 11.6 Å². The maximum atomic E-state index is 11.8. The first kappa shape index (κ1) is 14.5. The number of amides is 1. The Morgan fingerprint density at radius 1 is 1.39 bits per heavy atom. The zero-order chi connectivity index (χ0) is 13.7. The van der Waals surface area contributed by atoms with Crippen LogP contribution in [0.4, 0.5) is 5.69 Å². The summed E-state index contributed by atoms with van der Waals surface area (Å²) < 4.78 is 0. The molecule has 0 bridgehead atoms. The van der Waals surface area contributed by atoms with Crippen LogP contribution < -0.4 is 16.0 Å². The van der Waals surface area contributed by atoms with Crippen molar-refractivity contribution in [3.05, 3.63) is 29.8 Å². The summed E-state index contributed by atoms with van der Waals surface area (Å²) in [7, 11) is 3.88. The van der Waals surface area contributed by atoms with E-state index >= 15 is 0 Å². The lowest BCUT2D eigenvalue weighted by molar-refractivity contribution is 0.0937. The molecule has 5 heteroatoms. The molecular formula is C13H21N3O2. The lowest BCUT2D eigenvalue weighted by Gasteiger charge is -2.16. The average Bonchev–Trinajstić information content (AvgIpc) is 2.35. The molecule has 0 aliphatic carbocycles. The molecule has 0 radical (unpaired) electrons. The van der Waals surface area contributed by atoms with Crippen molar-refractivity contribution in [2.75, 3.05) is 25.5 Å². The molecule has 5 nitrogen and oxygen atoms in total. The maximum Gasteiger partial charge on any atom is 0.251 e. The lowest BCUT2D eigenvalue weighted by Crippen LogP contribution is -2.43. The zero-order valence-electron chi connectivity index (χ0n) is 11.1. The van der Waals surface area contributed by atoms with Crippen LogP contribution in [0.5, 0.6) is 0 Å². The quantitative estimate of drug-likeness (QED) is 0.698. The predicted molar refractivity (Wildman–Crippen MR) is 72.8 cm³/mol. The van der Waals surface area contributed by atoms with Crippen LogP contribution in [0.15, 0.2) is 24.3 Å². The van der Waals surface area contributed by atoms with E-state index in [2.05, 4.69) is 5.32 Å². The molecule has 0 saturated heterocycles. The van der Waals surface area contributed by atoms with Crippen LogP contribution in [-0.2, 0) is 0 Å². The molecule has 0 aliphatic rings. The van der Waals surface area contributed by atoms with Crippen LogP contribution in [-0.4, -0.2) is 43.8 Å². The van der Waals surface area contributed by atoms with Crippen LogP contribution in [0.1, 0.15) is 17.3 Å². The molecule has 18 heavy (non-hydrogen) atoms. The minimum atomic E-state index is -0.638. The SMILES string of the molecule is CC(O)C(N)CNC(=O)c1ccc(N(C)C)cc1. The summed E-state index contributed by atoms with van der Waals surface area (Å²) in [6.07, 6.45) is -0.638. The van der Waals surface area contributed by atoms with Gasteiger partial charge >= 0.3 is 0 Å². The molecule has 100 valence electrons. The first-order chi connectivity index (χ1) is 8.41. The van der Waals surface area contributed by atoms with Gasteiger partial charge in [0.25, 0.3) is 5.91 Å². The Morgan fingerprint density at radius 3 is 2.39 bits per heavy atom. The summed E-state index contributed by atoms with van der Waals surface area (Å²) in [5.74, 6) is -0.184. The van der Waals surface area contributed by atoms with Crippen molar-refractivity contribution in [2.45, 2.75) is 19.1 Å². The Labute approximate surface area is 108 Å². The number of aliphatic hydroxyl groups is 1. The van der Waals surface area contributed by atoms with Gasteiger partial charge in [0, 0.05) is 37.9 Å². The van der Waals surface area contributed by atoms with Gasteiger partial charge in [0.15, 0.2) is 0 Å². The van der Waals surface area contributed by atoms with Gasteiger partial charge in [0.1, 0.15) is 0 Å². The summed E-state index contributed by atoms with van der Waals surface area (Å²) in [4.78, 5) is 13.8. The molecule has 0 heterocycles. The Balaban J connectivity index is 2.57. The third kappa shape index (κ3) is 4.01. The van der Waals surface area contributed by atoms with Crippen LogP contribution in [0.25, 0.3) is 0 Å². The van der Waals surface area contributed by atoms with E-state index < -0.39 is 12.1 Å². The number of hydrogen-bond donors (Lipinski definition) is 3. The largest absolute Gasteiger partial charge is 0.392 e. The normalized spacial score (nSPS) is 13.8. The number of nitrogens with two attached hydrogens (primary N) is 1. The second kappa shape index (κ2) is 6.37. The number of hydrogen-bond acceptors (Lipinski definition) is 4. The van der Waals surface area contributed by atoms with E-state index in [1.54, 1.807) is 19.1 Å². The van der Waals surface area contributed by atoms with Crippen molar-refractivity contribution in [3.8, 4) is 0 Å². The Kier molecular flexibility index (Phi) is 5.12. The van der Waals surface area contributed by atoms with Gasteiger partial charge < -0.3 is 21.1 Å². The monoisotopic (exact) mass is 251 g/mol. The number of anilines is 1. The lowest BCUT2D eigenvalue weighted by atomic mass is 10.1. The zero-order valence-corrected chi connectivity index (χ0v) is 11.1. The van der Waals surface area contributed by atoms with Crippen molar-refractivity contribution < 1.29 is 9.90 Å². The van der Waals surface area contributed by atoms with Crippen molar-refractivity contribution in [1.82, 2.24) is 5.32 Å². The molecule has 0 fully saturated rings. The third-order valence-electron chi connectivity index (χ3n) is 2.76. The van der Waals surface area contributed by atoms with Gasteiger partial charge in [0.2, 0.25) is 0 Å². The van der Waals surface area contributed by atoms with Gasteiger partial charge in [-0.25, -0.2) is 0 Å². The van der Waals surface area contributed by atoms with Crippen molar-refractivity contribution in [1.29, 1.82) is 0 Å². The number of nitrogens with zero attached hydrogens (tertiary/aromatic N) is 1. The summed E-state index contributed by atoms with van der Waals surface area (Å²) >= 11 is 0. The van der Waals surface area contributed by atoms with E-state index in [0.717, 1.165) is 5.69 Å². The van der Waals surface area contributed by atoms with Gasteiger partial charge in [-0.1, -0.05) is 0 Å². The Morgan fingerprint density at radius 2 is 1.94 bits per heavy atom. The Bertz CT molecular complexity index is 388. The van der Waals surface area contributed by atoms with Crippen LogP contribution in [0, 0.1) is 0 Å². The molecule has 1 amide bonds. The second-order valence-corrected chi connectivity index (χ2v) is 4.56. The summed E-state index contributed by atoms with van der Waals surface area (Å²) in [5, 5.41) is 11.9. The van der Waals surface area contributed by atoms with Gasteiger partial charge in [-0.05, 0) is 31.2 Å². The second-order valence-electron chi connectivity index (χ2n) is 4.56. The third-order valence-corrected chi connectivity index (χ3v) is 2.76. The molecular weight excluding hydrogens is 230 g/mol. The Hall–Kier alpha value is -1.59. The number of benzene rings is 1. The highest BCUT2D eigenvalue weighted by Crippen LogP contribution is 2.11. The van der Waals surface area contributed by atoms with E-state index in [1.807, 2.05) is 31.1 Å². The standard InChI is InChI=1S/C13H21N3O2/c1-9(17)12(14)8-15-13(18)10-4-6-11(7-5-10)16(2)3/h4-7,9,12,17H,8,14H2,1-3H3,(H,15,18). The number of aliphatic hydroxyl groups excluding tert-OH is 1. The average molecular weight is 251 g/mol. The molecule has 2 unspecified atom stereocenters. The summed E-state index contributed by atoms with van der Waals surface area (Å²) in [6.45, 7) is 1.86. The van der Waals surface area contributed by atoms with E-state index in [-0.39, 0.29) is 12.5 Å². The van der Waals surface area contributed by atoms with E-state index in [0.29, 0.717) is 5.56 Å². The molecule has 0 aliphatic heterocycles. The molecule has 0 saturated carbocycles. The van der Waals surface area contributed by atoms with Crippen LogP contribution in [0.3, 0.4) is 0 Å². The smallest absolute Gasteiger partial charge is 0.251 e. The fourth-order valence-electron chi connectivity index (χ4n) is 1.39. The first-order valence-electron chi connectivity index (χ1n) is 5.91. The summed E-state index contributed by atoms with van der Waals surface area (Å²) in [5.41, 5.74) is 7.25. The number of carbonyl (C=O) groups excluding carboxylic acids is 1. The highest BCUT2D eigenvalue weighted by atomic mass is 16.3. The molecule has 4 N–H and O–H groups in total. The number of nitrogens with one attached hydrogen (secondary N) is 1. The van der Waals surface area contributed by atoms with E-state index in [4.69, 9.17) is 5.73 Å². The highest BCUT2D eigenvalue weighted by molar-refractivity contribution is 5.94. The van der Waals surface area contributed by atoms with Crippen molar-refractivity contribution in [3.63, 3.8) is 0 Å². The minimum Gasteiger partial charge on any atom is -0.392 e. The minimum absolute atomic E-state index is 0.184. The van der Waals surface area contributed by atoms with Gasteiger partial charge in [0.05, 0.1) is 6.10 Å². The van der Waals surface area contributed by atoms with E-state index in [9.17, 15) is 9.90 Å². The van der Waals surface area contributed by atoms with Crippen LogP contribution in [0.2, 0.25) is 0 Å². The molecule has 0 spiro atoms. The van der Waals surface area contributed by atoms with Crippen molar-refractivity contribution in [2.24, 2.45) is 5.73 Å². The van der Waals surface area contributed by atoms with Crippen LogP contribution >= 0.6 is 0 Å². The molecule has 1 aromatic rings. The van der Waals surface area contributed by atoms with E-state index in [1.165, 1.54) is 0 Å². The number of carbonyl (C=O) groups is 1. The van der Waals surface area contributed by atoms with Gasteiger partial charge in [-0.15, -0.1) is 0 Å². The number of rotatable bonds is 5. The van der Waals surface area contributed by atoms with Gasteiger partial charge in [-0.3, -0.25) is 4.79 Å². The summed E-state index contributed by atoms with van der Waals surface area (Å²) in [6, 6.07) is 6.83. The fourth-order valence-corrected chi connectivity index (χ4v) is 1.39.